The number of aliphatic hydroxyl groups is 1. The molecule has 3 heterocycles. The molecule has 3 fully saturated rings. The minimum absolute atomic E-state index is 0.0211. The quantitative estimate of drug-likeness (QED) is 0.380. The van der Waals surface area contributed by atoms with Gasteiger partial charge in [-0.3, -0.25) is 4.79 Å². The number of ether oxygens (including phenoxy) is 5. The maximum absolute atomic E-state index is 12.4. The van der Waals surface area contributed by atoms with Gasteiger partial charge in [-0.2, -0.15) is 0 Å². The fraction of sp³-hybridized carbons (Fsp3) is 0.548. The van der Waals surface area contributed by atoms with Gasteiger partial charge in [0.15, 0.2) is 12.1 Å². The molecule has 11 nitrogen and oxygen atoms in total. The summed E-state index contributed by atoms with van der Waals surface area (Å²) in [6.07, 6.45) is 0.604. The third kappa shape index (κ3) is 7.47. The third-order valence-electron chi connectivity index (χ3n) is 8.11. The van der Waals surface area contributed by atoms with Crippen LogP contribution in [0.2, 0.25) is 0 Å². The lowest BCUT2D eigenvalue weighted by Crippen LogP contribution is -2.50. The largest absolute Gasteiger partial charge is 0.465 e. The summed E-state index contributed by atoms with van der Waals surface area (Å²) in [5, 5.41) is 14.8. The van der Waals surface area contributed by atoms with Crippen LogP contribution >= 0.6 is 0 Å². The molecule has 0 aromatic heterocycles. The van der Waals surface area contributed by atoms with Gasteiger partial charge in [-0.25, -0.2) is 4.79 Å². The number of nitrogens with one attached hydrogen (secondary N) is 2. The van der Waals surface area contributed by atoms with Crippen LogP contribution in [-0.2, 0) is 35.1 Å². The molecule has 3 aliphatic heterocycles. The minimum atomic E-state index is -0.671. The molecule has 0 bridgehead atoms. The van der Waals surface area contributed by atoms with Crippen LogP contribution in [0.5, 0.6) is 0 Å². The van der Waals surface area contributed by atoms with Gasteiger partial charge in [0.05, 0.1) is 38.6 Å². The topological polar surface area (TPSA) is 128 Å². The number of hydrogen-bond donors (Lipinski definition) is 3. The molecule has 0 saturated carbocycles. The number of anilines is 1. The highest BCUT2D eigenvalue weighted by atomic mass is 16.7. The average molecular weight is 584 g/mol. The number of aliphatic hydroxyl groups excluding tert-OH is 1. The molecule has 2 aromatic rings. The van der Waals surface area contributed by atoms with Crippen molar-refractivity contribution in [2.24, 2.45) is 5.92 Å². The average Bonchev–Trinajstić information content (AvgIpc) is 3.46. The van der Waals surface area contributed by atoms with Crippen LogP contribution in [0.25, 0.3) is 0 Å². The fourth-order valence-corrected chi connectivity index (χ4v) is 5.75. The first kappa shape index (κ1) is 30.4. The Balaban J connectivity index is 1.30. The Kier molecular flexibility index (Phi) is 10.1. The molecule has 5 rings (SSSR count). The second-order valence-corrected chi connectivity index (χ2v) is 11.0. The number of rotatable bonds is 9. The van der Waals surface area contributed by atoms with E-state index < -0.39 is 24.1 Å². The van der Waals surface area contributed by atoms with Crippen molar-refractivity contribution in [2.45, 2.75) is 57.6 Å². The lowest BCUT2D eigenvalue weighted by atomic mass is 9.89. The van der Waals surface area contributed by atoms with Crippen LogP contribution in [0.15, 0.2) is 48.5 Å². The molecule has 1 spiro atoms. The first-order valence-corrected chi connectivity index (χ1v) is 14.7. The second kappa shape index (κ2) is 13.9. The Morgan fingerprint density at radius 2 is 1.79 bits per heavy atom. The summed E-state index contributed by atoms with van der Waals surface area (Å²) in [6, 6.07) is 14.6. The molecule has 228 valence electrons. The van der Waals surface area contributed by atoms with E-state index in [2.05, 4.69) is 22.5 Å². The maximum Gasteiger partial charge on any atom is 0.325 e. The van der Waals surface area contributed by atoms with Crippen LogP contribution in [0.1, 0.15) is 55.8 Å². The zero-order chi connectivity index (χ0) is 29.5. The van der Waals surface area contributed by atoms with E-state index in [1.807, 2.05) is 42.5 Å². The van der Waals surface area contributed by atoms with Crippen LogP contribution in [0.4, 0.5) is 10.5 Å². The van der Waals surface area contributed by atoms with E-state index >= 15 is 0 Å². The number of carbonyl (C=O) groups excluding carboxylic acids is 2. The predicted molar refractivity (Wildman–Crippen MR) is 153 cm³/mol. The zero-order valence-corrected chi connectivity index (χ0v) is 24.3. The van der Waals surface area contributed by atoms with E-state index in [0.717, 1.165) is 49.2 Å². The minimum Gasteiger partial charge on any atom is -0.465 e. The molecule has 11 heteroatoms. The van der Waals surface area contributed by atoms with Gasteiger partial charge in [-0.05, 0) is 30.2 Å². The van der Waals surface area contributed by atoms with E-state index in [1.54, 1.807) is 13.0 Å². The molecule has 2 aromatic carbocycles. The molecular weight excluding hydrogens is 542 g/mol. The van der Waals surface area contributed by atoms with Crippen molar-refractivity contribution < 1.29 is 38.4 Å². The van der Waals surface area contributed by atoms with Gasteiger partial charge in [0, 0.05) is 49.6 Å². The number of amides is 2. The highest BCUT2D eigenvalue weighted by molar-refractivity contribution is 5.91. The van der Waals surface area contributed by atoms with Crippen molar-refractivity contribution in [3.05, 3.63) is 65.2 Å². The standard InChI is InChI=1S/C31H41N3O8/c1-3-38-27(36)18-32-30(37)33-25-6-4-5-24(17-25)29-41-26(19-34-13-11-31(12-14-34)39-15-16-40-31)21(2)28(42-29)23-9-7-22(20-35)8-10-23/h4-10,17,21,26,28-29,35H,3,11-16,18-20H2,1-2H3,(H2,32,33,37). The van der Waals surface area contributed by atoms with Gasteiger partial charge in [0.1, 0.15) is 6.54 Å². The van der Waals surface area contributed by atoms with Gasteiger partial charge < -0.3 is 44.3 Å². The normalized spacial score (nSPS) is 25.7. The number of esters is 1. The first-order valence-electron chi connectivity index (χ1n) is 14.7. The van der Waals surface area contributed by atoms with Gasteiger partial charge in [-0.1, -0.05) is 43.3 Å². The molecular formula is C31H41N3O8. The number of urea groups is 1. The van der Waals surface area contributed by atoms with Gasteiger partial charge in [0.25, 0.3) is 0 Å². The van der Waals surface area contributed by atoms with E-state index in [1.165, 1.54) is 0 Å². The highest BCUT2D eigenvalue weighted by Gasteiger charge is 2.43. The molecule has 4 atom stereocenters. The van der Waals surface area contributed by atoms with Crippen molar-refractivity contribution in [2.75, 3.05) is 51.3 Å². The Hall–Kier alpha value is -3.06. The SMILES string of the molecule is CCOC(=O)CNC(=O)Nc1cccc(C2OC(CN3CCC4(CC3)OCCO4)C(C)C(c3ccc(CO)cc3)O2)c1. The smallest absolute Gasteiger partial charge is 0.325 e. The van der Waals surface area contributed by atoms with Crippen molar-refractivity contribution in [3.8, 4) is 0 Å². The number of benzene rings is 2. The Labute approximate surface area is 246 Å². The van der Waals surface area contributed by atoms with Crippen LogP contribution in [-0.4, -0.2) is 79.9 Å². The predicted octanol–water partition coefficient (Wildman–Crippen LogP) is 3.49. The third-order valence-corrected chi connectivity index (χ3v) is 8.11. The summed E-state index contributed by atoms with van der Waals surface area (Å²) >= 11 is 0. The van der Waals surface area contributed by atoms with Crippen molar-refractivity contribution in [1.29, 1.82) is 0 Å². The van der Waals surface area contributed by atoms with Gasteiger partial charge in [-0.15, -0.1) is 0 Å². The molecule has 3 N–H and O–H groups in total. The molecule has 2 amide bonds. The van der Waals surface area contributed by atoms with Crippen molar-refractivity contribution in [1.82, 2.24) is 10.2 Å². The molecule has 42 heavy (non-hydrogen) atoms. The van der Waals surface area contributed by atoms with Gasteiger partial charge in [0.2, 0.25) is 0 Å². The summed E-state index contributed by atoms with van der Waals surface area (Å²) < 4.78 is 29.9. The molecule has 0 radical (unpaired) electrons. The van der Waals surface area contributed by atoms with Crippen LogP contribution in [0, 0.1) is 5.92 Å². The lowest BCUT2D eigenvalue weighted by molar-refractivity contribution is -0.278. The van der Waals surface area contributed by atoms with Crippen LogP contribution < -0.4 is 10.6 Å². The second-order valence-electron chi connectivity index (χ2n) is 11.0. The summed E-state index contributed by atoms with van der Waals surface area (Å²) in [5.41, 5.74) is 3.15. The summed E-state index contributed by atoms with van der Waals surface area (Å²) in [7, 11) is 0. The van der Waals surface area contributed by atoms with E-state index in [9.17, 15) is 14.7 Å². The number of hydrogen-bond acceptors (Lipinski definition) is 9. The number of likely N-dealkylation sites (tertiary alicyclic amines) is 1. The molecule has 0 aliphatic carbocycles. The first-order chi connectivity index (χ1) is 20.4. The van der Waals surface area contributed by atoms with Gasteiger partial charge >= 0.3 is 12.0 Å². The van der Waals surface area contributed by atoms with E-state index in [-0.39, 0.29) is 37.9 Å². The number of piperidine rings is 1. The molecule has 3 saturated heterocycles. The number of carbonyl (C=O) groups is 2. The Morgan fingerprint density at radius 1 is 1.05 bits per heavy atom. The summed E-state index contributed by atoms with van der Waals surface area (Å²) in [4.78, 5) is 26.4. The summed E-state index contributed by atoms with van der Waals surface area (Å²) in [6.45, 7) is 7.61. The Morgan fingerprint density at radius 3 is 2.48 bits per heavy atom. The van der Waals surface area contributed by atoms with E-state index in [4.69, 9.17) is 23.7 Å². The van der Waals surface area contributed by atoms with Crippen molar-refractivity contribution in [3.63, 3.8) is 0 Å². The fourth-order valence-electron chi connectivity index (χ4n) is 5.75. The maximum atomic E-state index is 12.4. The number of nitrogens with zero attached hydrogens (tertiary/aromatic N) is 1. The van der Waals surface area contributed by atoms with Crippen LogP contribution in [0.3, 0.4) is 0 Å². The Bertz CT molecular complexity index is 1190. The monoisotopic (exact) mass is 583 g/mol. The summed E-state index contributed by atoms with van der Waals surface area (Å²) in [5.74, 6) is -0.893. The molecule has 3 aliphatic rings. The van der Waals surface area contributed by atoms with Crippen molar-refractivity contribution >= 4 is 17.7 Å². The van der Waals surface area contributed by atoms with E-state index in [0.29, 0.717) is 18.9 Å². The highest BCUT2D eigenvalue weighted by Crippen LogP contribution is 2.42. The molecule has 4 unspecified atom stereocenters. The zero-order valence-electron chi connectivity index (χ0n) is 24.3. The lowest BCUT2D eigenvalue weighted by Gasteiger charge is -2.44.